The van der Waals surface area contributed by atoms with Crippen LogP contribution in [-0.4, -0.2) is 13.6 Å². The van der Waals surface area contributed by atoms with E-state index in [-0.39, 0.29) is 0 Å². The Morgan fingerprint density at radius 2 is 1.71 bits per heavy atom. The molecule has 0 amide bonds. The van der Waals surface area contributed by atoms with E-state index >= 15 is 0 Å². The van der Waals surface area contributed by atoms with E-state index in [4.69, 9.17) is 0 Å². The summed E-state index contributed by atoms with van der Waals surface area (Å²) in [4.78, 5) is 0. The molecule has 0 saturated heterocycles. The highest BCUT2D eigenvalue weighted by Crippen LogP contribution is 2.23. The minimum absolute atomic E-state index is 0.628. The number of nitrogens with one attached hydrogen (secondary N) is 1. The van der Waals surface area contributed by atoms with Crippen molar-refractivity contribution >= 4 is 0 Å². The molecule has 1 nitrogen and oxygen atoms in total. The predicted molar refractivity (Wildman–Crippen MR) is 62.7 cm³/mol. The van der Waals surface area contributed by atoms with Gasteiger partial charge < -0.3 is 5.32 Å². The van der Waals surface area contributed by atoms with Gasteiger partial charge in [0.2, 0.25) is 0 Å². The molecule has 0 aliphatic carbocycles. The minimum atomic E-state index is 0.628. The molecule has 0 bridgehead atoms. The lowest BCUT2D eigenvalue weighted by molar-refractivity contribution is 0.466. The Labute approximate surface area is 87.5 Å². The quantitative estimate of drug-likeness (QED) is 0.771. The van der Waals surface area contributed by atoms with Gasteiger partial charge in [-0.25, -0.2) is 0 Å². The van der Waals surface area contributed by atoms with Crippen molar-refractivity contribution in [2.75, 3.05) is 13.6 Å². The van der Waals surface area contributed by atoms with Crippen LogP contribution in [-0.2, 0) is 0 Å². The Morgan fingerprint density at radius 1 is 1.14 bits per heavy atom. The number of aryl methyl sites for hydroxylation is 1. The Kier molecular flexibility index (Phi) is 4.15. The average Bonchev–Trinajstić information content (AvgIpc) is 2.18. The first kappa shape index (κ1) is 11.3. The van der Waals surface area contributed by atoms with Crippen molar-refractivity contribution in [1.82, 2.24) is 5.32 Å². The van der Waals surface area contributed by atoms with Crippen LogP contribution in [0.15, 0.2) is 24.3 Å². The largest absolute Gasteiger partial charge is 0.319 e. The molecule has 0 spiro atoms. The zero-order chi connectivity index (χ0) is 10.6. The summed E-state index contributed by atoms with van der Waals surface area (Å²) in [5.74, 6) is 1.31. The molecule has 0 fully saturated rings. The van der Waals surface area contributed by atoms with Gasteiger partial charge in [0.25, 0.3) is 0 Å². The standard InChI is InChI=1S/C13H21N/c1-10-5-7-13(8-6-10)12(3)11(2)9-14-4/h5-8,11-12,14H,9H2,1-4H3. The van der Waals surface area contributed by atoms with Crippen LogP contribution in [0.1, 0.15) is 30.9 Å². The smallest absolute Gasteiger partial charge is 0.00204 e. The molecule has 0 saturated carbocycles. The molecule has 0 heterocycles. The SMILES string of the molecule is CNCC(C)C(C)c1ccc(C)cc1. The minimum Gasteiger partial charge on any atom is -0.319 e. The first-order valence-corrected chi connectivity index (χ1v) is 5.36. The molecule has 2 unspecified atom stereocenters. The lowest BCUT2D eigenvalue weighted by Crippen LogP contribution is -2.20. The maximum atomic E-state index is 3.23. The summed E-state index contributed by atoms with van der Waals surface area (Å²) in [5.41, 5.74) is 2.78. The Hall–Kier alpha value is -0.820. The summed E-state index contributed by atoms with van der Waals surface area (Å²) >= 11 is 0. The zero-order valence-electron chi connectivity index (χ0n) is 9.67. The fraction of sp³-hybridized carbons (Fsp3) is 0.538. The first-order chi connectivity index (χ1) is 6.65. The van der Waals surface area contributed by atoms with Crippen molar-refractivity contribution in [1.29, 1.82) is 0 Å². The van der Waals surface area contributed by atoms with Gasteiger partial charge in [0.05, 0.1) is 0 Å². The normalized spacial score (nSPS) is 15.1. The zero-order valence-corrected chi connectivity index (χ0v) is 9.67. The van der Waals surface area contributed by atoms with Gasteiger partial charge in [0.1, 0.15) is 0 Å². The lowest BCUT2D eigenvalue weighted by atomic mass is 9.88. The third-order valence-electron chi connectivity index (χ3n) is 2.98. The van der Waals surface area contributed by atoms with Gasteiger partial charge in [-0.3, -0.25) is 0 Å². The molecule has 2 atom stereocenters. The van der Waals surface area contributed by atoms with E-state index in [0.717, 1.165) is 6.54 Å². The van der Waals surface area contributed by atoms with Crippen molar-refractivity contribution in [3.8, 4) is 0 Å². The molecule has 1 heteroatoms. The molecule has 1 aromatic rings. The van der Waals surface area contributed by atoms with Crippen LogP contribution >= 0.6 is 0 Å². The molecule has 14 heavy (non-hydrogen) atoms. The average molecular weight is 191 g/mol. The van der Waals surface area contributed by atoms with Gasteiger partial charge in [-0.1, -0.05) is 43.7 Å². The Morgan fingerprint density at radius 3 is 2.21 bits per heavy atom. The van der Waals surface area contributed by atoms with Crippen LogP contribution in [0.3, 0.4) is 0 Å². The molecule has 0 aliphatic rings. The molecule has 0 aliphatic heterocycles. The van der Waals surface area contributed by atoms with Gasteiger partial charge >= 0.3 is 0 Å². The first-order valence-electron chi connectivity index (χ1n) is 5.36. The van der Waals surface area contributed by atoms with Crippen LogP contribution in [0, 0.1) is 12.8 Å². The van der Waals surface area contributed by atoms with Gasteiger partial charge in [0.15, 0.2) is 0 Å². The molecule has 1 aromatic carbocycles. The molecule has 1 rings (SSSR count). The van der Waals surface area contributed by atoms with Gasteiger partial charge in [0, 0.05) is 0 Å². The summed E-state index contributed by atoms with van der Waals surface area (Å²) in [6.07, 6.45) is 0. The van der Waals surface area contributed by atoms with E-state index in [1.165, 1.54) is 11.1 Å². The van der Waals surface area contributed by atoms with Crippen LogP contribution in [0.4, 0.5) is 0 Å². The number of benzene rings is 1. The lowest BCUT2D eigenvalue weighted by Gasteiger charge is -2.20. The Bertz CT molecular complexity index is 263. The second kappa shape index (κ2) is 5.16. The summed E-state index contributed by atoms with van der Waals surface area (Å²) in [6, 6.07) is 8.87. The third kappa shape index (κ3) is 2.85. The van der Waals surface area contributed by atoms with E-state index in [1.807, 2.05) is 7.05 Å². The maximum absolute atomic E-state index is 3.23. The van der Waals surface area contributed by atoms with Crippen LogP contribution in [0.2, 0.25) is 0 Å². The highest BCUT2D eigenvalue weighted by Gasteiger charge is 2.12. The molecule has 0 aromatic heterocycles. The second-order valence-corrected chi connectivity index (χ2v) is 4.23. The predicted octanol–water partition coefficient (Wildman–Crippen LogP) is 2.95. The molecule has 1 N–H and O–H groups in total. The van der Waals surface area contributed by atoms with E-state index in [0.29, 0.717) is 11.8 Å². The van der Waals surface area contributed by atoms with Gasteiger partial charge in [-0.15, -0.1) is 0 Å². The summed E-state index contributed by atoms with van der Waals surface area (Å²) in [7, 11) is 2.01. The van der Waals surface area contributed by atoms with Crippen molar-refractivity contribution in [3.05, 3.63) is 35.4 Å². The van der Waals surface area contributed by atoms with E-state index in [9.17, 15) is 0 Å². The highest BCUT2D eigenvalue weighted by molar-refractivity contribution is 5.24. The summed E-state index contributed by atoms with van der Waals surface area (Å²) in [5, 5.41) is 3.23. The van der Waals surface area contributed by atoms with E-state index < -0.39 is 0 Å². The number of hydrogen-bond donors (Lipinski definition) is 1. The maximum Gasteiger partial charge on any atom is -0.00204 e. The number of rotatable bonds is 4. The molecular formula is C13H21N. The monoisotopic (exact) mass is 191 g/mol. The highest BCUT2D eigenvalue weighted by atomic mass is 14.8. The summed E-state index contributed by atoms with van der Waals surface area (Å²) in [6.45, 7) is 7.80. The van der Waals surface area contributed by atoms with Crippen molar-refractivity contribution in [2.45, 2.75) is 26.7 Å². The fourth-order valence-electron chi connectivity index (χ4n) is 1.70. The van der Waals surface area contributed by atoms with Gasteiger partial charge in [-0.05, 0) is 37.9 Å². The van der Waals surface area contributed by atoms with Crippen LogP contribution in [0.5, 0.6) is 0 Å². The second-order valence-electron chi connectivity index (χ2n) is 4.23. The van der Waals surface area contributed by atoms with Crippen LogP contribution in [0.25, 0.3) is 0 Å². The van der Waals surface area contributed by atoms with Crippen LogP contribution < -0.4 is 5.32 Å². The van der Waals surface area contributed by atoms with E-state index in [2.05, 4.69) is 50.4 Å². The van der Waals surface area contributed by atoms with Crippen molar-refractivity contribution < 1.29 is 0 Å². The van der Waals surface area contributed by atoms with E-state index in [1.54, 1.807) is 0 Å². The molecule has 78 valence electrons. The fourth-order valence-corrected chi connectivity index (χ4v) is 1.70. The van der Waals surface area contributed by atoms with Crippen molar-refractivity contribution in [3.63, 3.8) is 0 Å². The molecule has 0 radical (unpaired) electrons. The third-order valence-corrected chi connectivity index (χ3v) is 2.98. The number of hydrogen-bond acceptors (Lipinski definition) is 1. The molecular weight excluding hydrogens is 170 g/mol. The Balaban J connectivity index is 2.68. The van der Waals surface area contributed by atoms with Gasteiger partial charge in [-0.2, -0.15) is 0 Å². The van der Waals surface area contributed by atoms with Crippen molar-refractivity contribution in [2.24, 2.45) is 5.92 Å². The topological polar surface area (TPSA) is 12.0 Å². The summed E-state index contributed by atoms with van der Waals surface area (Å²) < 4.78 is 0.